The second kappa shape index (κ2) is 6.81. The predicted molar refractivity (Wildman–Crippen MR) is 103 cm³/mol. The monoisotopic (exact) mass is 338 g/mol. The third-order valence-electron chi connectivity index (χ3n) is 3.93. The zero-order chi connectivity index (χ0) is 17.3. The Hall–Kier alpha value is -2.07. The molecule has 2 aromatic carbocycles. The van der Waals surface area contributed by atoms with Gasteiger partial charge in [-0.05, 0) is 23.1 Å². The maximum atomic E-state index is 12.5. The fourth-order valence-corrected chi connectivity index (χ4v) is 3.63. The Morgan fingerprint density at radius 2 is 1.67 bits per heavy atom. The maximum Gasteiger partial charge on any atom is 0.259 e. The fourth-order valence-electron chi connectivity index (χ4n) is 2.88. The third kappa shape index (κ3) is 3.24. The Morgan fingerprint density at radius 1 is 0.958 bits per heavy atom. The largest absolute Gasteiger partial charge is 0.301 e. The lowest BCUT2D eigenvalue weighted by Gasteiger charge is -2.14. The van der Waals surface area contributed by atoms with E-state index >= 15 is 0 Å². The summed E-state index contributed by atoms with van der Waals surface area (Å²) in [5, 5.41) is 1.68. The summed E-state index contributed by atoms with van der Waals surface area (Å²) in [4.78, 5) is 20.1. The van der Waals surface area contributed by atoms with Crippen LogP contribution in [0.1, 0.15) is 39.2 Å². The van der Waals surface area contributed by atoms with Gasteiger partial charge in [0.15, 0.2) is 5.16 Å². The van der Waals surface area contributed by atoms with Crippen molar-refractivity contribution >= 4 is 22.7 Å². The van der Waals surface area contributed by atoms with Gasteiger partial charge in [0.2, 0.25) is 0 Å². The zero-order valence-corrected chi connectivity index (χ0v) is 15.3. The second-order valence-electron chi connectivity index (χ2n) is 6.48. The Kier molecular flexibility index (Phi) is 4.76. The summed E-state index contributed by atoms with van der Waals surface area (Å²) < 4.78 is 0. The van der Waals surface area contributed by atoms with E-state index in [0.717, 1.165) is 16.6 Å². The van der Waals surface area contributed by atoms with E-state index < -0.39 is 0 Å². The molecule has 0 radical (unpaired) electrons. The summed E-state index contributed by atoms with van der Waals surface area (Å²) in [6, 6.07) is 14.2. The lowest BCUT2D eigenvalue weighted by atomic mass is 9.91. The number of H-pyrrole nitrogens is 1. The normalized spacial score (nSPS) is 11.6. The van der Waals surface area contributed by atoms with Crippen molar-refractivity contribution < 1.29 is 0 Å². The van der Waals surface area contributed by atoms with Crippen LogP contribution in [0.25, 0.3) is 22.0 Å². The molecular weight excluding hydrogens is 316 g/mol. The molecule has 0 fully saturated rings. The SMILES string of the molecule is CC(C)Sc1nc2c(-c3ccccc3C(C)C)cccc2c(=O)[nH]1. The minimum absolute atomic E-state index is 0.0768. The van der Waals surface area contributed by atoms with Crippen LogP contribution in [0.5, 0.6) is 0 Å². The molecule has 1 aromatic heterocycles. The minimum Gasteiger partial charge on any atom is -0.301 e. The Labute approximate surface area is 146 Å². The lowest BCUT2D eigenvalue weighted by Crippen LogP contribution is -2.10. The first kappa shape index (κ1) is 16.8. The first-order valence-electron chi connectivity index (χ1n) is 8.26. The molecule has 0 atom stereocenters. The zero-order valence-electron chi connectivity index (χ0n) is 14.5. The minimum atomic E-state index is -0.0768. The van der Waals surface area contributed by atoms with Gasteiger partial charge in [-0.25, -0.2) is 4.98 Å². The van der Waals surface area contributed by atoms with E-state index in [-0.39, 0.29) is 5.56 Å². The molecule has 0 aliphatic heterocycles. The summed E-state index contributed by atoms with van der Waals surface area (Å²) >= 11 is 1.58. The maximum absolute atomic E-state index is 12.5. The molecule has 0 bridgehead atoms. The number of nitrogens with one attached hydrogen (secondary N) is 1. The average Bonchev–Trinajstić information content (AvgIpc) is 2.54. The standard InChI is InChI=1S/C20H22N2OS/c1-12(2)14-8-5-6-9-15(14)16-10-7-11-17-18(16)21-20(22-19(17)23)24-13(3)4/h5-13H,1-4H3,(H,21,22,23). The van der Waals surface area contributed by atoms with E-state index in [9.17, 15) is 4.79 Å². The van der Waals surface area contributed by atoms with Gasteiger partial charge in [0.05, 0.1) is 10.9 Å². The van der Waals surface area contributed by atoms with Crippen molar-refractivity contribution in [1.29, 1.82) is 0 Å². The van der Waals surface area contributed by atoms with Gasteiger partial charge < -0.3 is 4.98 Å². The molecule has 0 unspecified atom stereocenters. The van der Waals surface area contributed by atoms with Gasteiger partial charge in [0.25, 0.3) is 5.56 Å². The van der Waals surface area contributed by atoms with Crippen LogP contribution >= 0.6 is 11.8 Å². The van der Waals surface area contributed by atoms with Crippen LogP contribution in [-0.2, 0) is 0 Å². The van der Waals surface area contributed by atoms with Crippen molar-refractivity contribution in [2.75, 3.05) is 0 Å². The number of nitrogens with zero attached hydrogens (tertiary/aromatic N) is 1. The molecule has 0 aliphatic carbocycles. The lowest BCUT2D eigenvalue weighted by molar-refractivity contribution is 0.869. The van der Waals surface area contributed by atoms with Crippen LogP contribution in [0.2, 0.25) is 0 Å². The molecular formula is C20H22N2OS. The molecule has 0 aliphatic rings. The summed E-state index contributed by atoms with van der Waals surface area (Å²) in [5.41, 5.74) is 4.14. The molecule has 0 saturated carbocycles. The van der Waals surface area contributed by atoms with Crippen molar-refractivity contribution in [3.05, 3.63) is 58.4 Å². The summed E-state index contributed by atoms with van der Waals surface area (Å²) in [7, 11) is 0. The van der Waals surface area contributed by atoms with E-state index in [1.165, 1.54) is 5.56 Å². The van der Waals surface area contributed by atoms with Crippen LogP contribution in [0.4, 0.5) is 0 Å². The van der Waals surface area contributed by atoms with Crippen LogP contribution in [-0.4, -0.2) is 15.2 Å². The van der Waals surface area contributed by atoms with Crippen LogP contribution in [0.15, 0.2) is 52.4 Å². The van der Waals surface area contributed by atoms with Crippen molar-refractivity contribution in [2.24, 2.45) is 0 Å². The van der Waals surface area contributed by atoms with Crippen LogP contribution in [0, 0.1) is 0 Å². The van der Waals surface area contributed by atoms with Crippen LogP contribution in [0.3, 0.4) is 0 Å². The highest BCUT2D eigenvalue weighted by molar-refractivity contribution is 7.99. The van der Waals surface area contributed by atoms with Crippen molar-refractivity contribution in [3.63, 3.8) is 0 Å². The van der Waals surface area contributed by atoms with E-state index in [1.54, 1.807) is 11.8 Å². The van der Waals surface area contributed by atoms with Gasteiger partial charge in [-0.3, -0.25) is 4.79 Å². The summed E-state index contributed by atoms with van der Waals surface area (Å²) in [5.74, 6) is 0.406. The van der Waals surface area contributed by atoms with Gasteiger partial charge in [0, 0.05) is 10.8 Å². The molecule has 124 valence electrons. The van der Waals surface area contributed by atoms with Gasteiger partial charge in [-0.1, -0.05) is 75.9 Å². The third-order valence-corrected chi connectivity index (χ3v) is 4.82. The summed E-state index contributed by atoms with van der Waals surface area (Å²) in [6.45, 7) is 8.55. The van der Waals surface area contributed by atoms with Crippen LogP contribution < -0.4 is 5.56 Å². The molecule has 4 heteroatoms. The highest BCUT2D eigenvalue weighted by atomic mass is 32.2. The smallest absolute Gasteiger partial charge is 0.259 e. The van der Waals surface area contributed by atoms with Gasteiger partial charge >= 0.3 is 0 Å². The number of hydrogen-bond donors (Lipinski definition) is 1. The Morgan fingerprint density at radius 3 is 2.38 bits per heavy atom. The topological polar surface area (TPSA) is 45.8 Å². The van der Waals surface area contributed by atoms with Crippen molar-refractivity contribution in [3.8, 4) is 11.1 Å². The highest BCUT2D eigenvalue weighted by Gasteiger charge is 2.14. The van der Waals surface area contributed by atoms with Gasteiger partial charge in [-0.2, -0.15) is 0 Å². The molecule has 0 spiro atoms. The number of fused-ring (bicyclic) bond motifs is 1. The average molecular weight is 338 g/mol. The number of para-hydroxylation sites is 1. The predicted octanol–water partition coefficient (Wildman–Crippen LogP) is 5.21. The Bertz CT molecular complexity index is 928. The number of rotatable bonds is 4. The first-order chi connectivity index (χ1) is 11.5. The van der Waals surface area contributed by atoms with Crippen molar-refractivity contribution in [1.82, 2.24) is 9.97 Å². The van der Waals surface area contributed by atoms with E-state index in [0.29, 0.717) is 21.7 Å². The molecule has 0 amide bonds. The Balaban J connectivity index is 2.29. The molecule has 3 aromatic rings. The molecule has 24 heavy (non-hydrogen) atoms. The number of thioether (sulfide) groups is 1. The van der Waals surface area contributed by atoms with E-state index in [1.807, 2.05) is 18.2 Å². The highest BCUT2D eigenvalue weighted by Crippen LogP contribution is 2.33. The van der Waals surface area contributed by atoms with E-state index in [2.05, 4.69) is 56.9 Å². The second-order valence-corrected chi connectivity index (χ2v) is 8.05. The number of aromatic amines is 1. The van der Waals surface area contributed by atoms with Crippen molar-refractivity contribution in [2.45, 2.75) is 44.0 Å². The summed E-state index contributed by atoms with van der Waals surface area (Å²) in [6.07, 6.45) is 0. The first-order valence-corrected chi connectivity index (χ1v) is 9.14. The molecule has 1 heterocycles. The molecule has 3 rings (SSSR count). The quantitative estimate of drug-likeness (QED) is 0.524. The van der Waals surface area contributed by atoms with Gasteiger partial charge in [0.1, 0.15) is 0 Å². The van der Waals surface area contributed by atoms with Gasteiger partial charge in [-0.15, -0.1) is 0 Å². The molecule has 3 nitrogen and oxygen atoms in total. The number of aromatic nitrogens is 2. The fraction of sp³-hybridized carbons (Fsp3) is 0.300. The molecule has 0 saturated heterocycles. The molecule has 1 N–H and O–H groups in total. The van der Waals surface area contributed by atoms with E-state index in [4.69, 9.17) is 4.98 Å². The number of hydrogen-bond acceptors (Lipinski definition) is 3. The number of benzene rings is 2.